The number of halogens is 2. The van der Waals surface area contributed by atoms with Crippen molar-refractivity contribution in [3.05, 3.63) is 63.9 Å². The predicted molar refractivity (Wildman–Crippen MR) is 81.0 cm³/mol. The zero-order chi connectivity index (χ0) is 13.8. The summed E-state index contributed by atoms with van der Waals surface area (Å²) < 4.78 is 14.0. The van der Waals surface area contributed by atoms with E-state index < -0.39 is 6.10 Å². The lowest BCUT2D eigenvalue weighted by molar-refractivity contribution is 0.203. The smallest absolute Gasteiger partial charge is 0.123 e. The summed E-state index contributed by atoms with van der Waals surface area (Å²) in [6, 6.07) is 12.4. The van der Waals surface area contributed by atoms with Crippen LogP contribution in [-0.2, 0) is 0 Å². The van der Waals surface area contributed by atoms with E-state index >= 15 is 0 Å². The number of thioether (sulfide) groups is 1. The fourth-order valence-corrected chi connectivity index (χ4v) is 3.30. The first-order chi connectivity index (χ1) is 9.06. The number of aliphatic hydroxyl groups excluding tert-OH is 1. The van der Waals surface area contributed by atoms with Gasteiger partial charge in [0.05, 0.1) is 6.10 Å². The van der Waals surface area contributed by atoms with Crippen molar-refractivity contribution >= 4 is 27.7 Å². The fourth-order valence-electron chi connectivity index (χ4n) is 1.83. The van der Waals surface area contributed by atoms with Crippen LogP contribution in [0.5, 0.6) is 0 Å². The molecule has 2 aromatic rings. The van der Waals surface area contributed by atoms with Gasteiger partial charge >= 0.3 is 0 Å². The van der Waals surface area contributed by atoms with E-state index in [1.165, 1.54) is 12.1 Å². The minimum atomic E-state index is -0.593. The van der Waals surface area contributed by atoms with Crippen molar-refractivity contribution in [3.63, 3.8) is 0 Å². The van der Waals surface area contributed by atoms with Crippen molar-refractivity contribution in [2.45, 2.75) is 17.9 Å². The predicted octanol–water partition coefficient (Wildman–Crippen LogP) is 4.72. The summed E-state index contributed by atoms with van der Waals surface area (Å²) in [5.74, 6) is 0.274. The van der Waals surface area contributed by atoms with Crippen LogP contribution in [0.3, 0.4) is 0 Å². The molecule has 100 valence electrons. The van der Waals surface area contributed by atoms with Crippen LogP contribution >= 0.6 is 27.7 Å². The zero-order valence-corrected chi connectivity index (χ0v) is 12.8. The number of benzene rings is 2. The first-order valence-electron chi connectivity index (χ1n) is 5.89. The molecule has 0 aromatic heterocycles. The van der Waals surface area contributed by atoms with Crippen molar-refractivity contribution in [1.82, 2.24) is 0 Å². The molecule has 2 rings (SSSR count). The quantitative estimate of drug-likeness (QED) is 0.812. The van der Waals surface area contributed by atoms with Crippen molar-refractivity contribution < 1.29 is 9.50 Å². The van der Waals surface area contributed by atoms with Crippen LogP contribution in [0, 0.1) is 12.7 Å². The Bertz CT molecular complexity index is 574. The van der Waals surface area contributed by atoms with Gasteiger partial charge in [0.15, 0.2) is 0 Å². The van der Waals surface area contributed by atoms with Gasteiger partial charge in [-0.2, -0.15) is 0 Å². The molecule has 0 fully saturated rings. The summed E-state index contributed by atoms with van der Waals surface area (Å²) in [5.41, 5.74) is 1.56. The maximum absolute atomic E-state index is 13.0. The molecule has 0 heterocycles. The number of aryl methyl sites for hydroxylation is 1. The maximum Gasteiger partial charge on any atom is 0.123 e. The SMILES string of the molecule is Cc1cc(F)ccc1C(O)CSc1cccc(Br)c1. The Labute approximate surface area is 125 Å². The summed E-state index contributed by atoms with van der Waals surface area (Å²) in [6.07, 6.45) is -0.593. The molecule has 1 N–H and O–H groups in total. The first-order valence-corrected chi connectivity index (χ1v) is 7.66. The Kier molecular flexibility index (Phi) is 5.02. The summed E-state index contributed by atoms with van der Waals surface area (Å²) in [5, 5.41) is 10.2. The lowest BCUT2D eigenvalue weighted by atomic mass is 10.0. The molecule has 0 bridgehead atoms. The van der Waals surface area contributed by atoms with Gasteiger partial charge in [0, 0.05) is 15.1 Å². The van der Waals surface area contributed by atoms with E-state index in [0.717, 1.165) is 20.5 Å². The third-order valence-electron chi connectivity index (χ3n) is 2.79. The van der Waals surface area contributed by atoms with Gasteiger partial charge in [-0.1, -0.05) is 28.1 Å². The van der Waals surface area contributed by atoms with Crippen molar-refractivity contribution in [2.75, 3.05) is 5.75 Å². The summed E-state index contributed by atoms with van der Waals surface area (Å²) in [4.78, 5) is 1.09. The standard InChI is InChI=1S/C15H14BrFOS/c1-10-7-12(17)5-6-14(10)15(18)9-19-13-4-2-3-11(16)8-13/h2-8,15,18H,9H2,1H3. The van der Waals surface area contributed by atoms with Gasteiger partial charge in [-0.25, -0.2) is 4.39 Å². The number of rotatable bonds is 4. The molecule has 0 spiro atoms. The minimum absolute atomic E-state index is 0.270. The molecule has 0 saturated carbocycles. The van der Waals surface area contributed by atoms with E-state index in [4.69, 9.17) is 0 Å². The topological polar surface area (TPSA) is 20.2 Å². The Morgan fingerprint density at radius 2 is 2.05 bits per heavy atom. The molecule has 0 amide bonds. The van der Waals surface area contributed by atoms with Crippen molar-refractivity contribution in [3.8, 4) is 0 Å². The molecule has 19 heavy (non-hydrogen) atoms. The second kappa shape index (κ2) is 6.55. The van der Waals surface area contributed by atoms with Crippen LogP contribution in [0.4, 0.5) is 4.39 Å². The molecule has 4 heteroatoms. The zero-order valence-electron chi connectivity index (χ0n) is 10.4. The van der Waals surface area contributed by atoms with Crippen LogP contribution < -0.4 is 0 Å². The number of aliphatic hydroxyl groups is 1. The third-order valence-corrected chi connectivity index (χ3v) is 4.36. The molecule has 0 aliphatic rings. The summed E-state index contributed by atoms with van der Waals surface area (Å²) in [6.45, 7) is 1.81. The number of hydrogen-bond donors (Lipinski definition) is 1. The van der Waals surface area contributed by atoms with Crippen molar-refractivity contribution in [2.24, 2.45) is 0 Å². The van der Waals surface area contributed by atoms with Gasteiger partial charge in [0.2, 0.25) is 0 Å². The van der Waals surface area contributed by atoms with E-state index in [1.807, 2.05) is 31.2 Å². The highest BCUT2D eigenvalue weighted by Gasteiger charge is 2.11. The highest BCUT2D eigenvalue weighted by molar-refractivity contribution is 9.10. The van der Waals surface area contributed by atoms with Crippen LogP contribution in [-0.4, -0.2) is 10.9 Å². The second-order valence-corrected chi connectivity index (χ2v) is 6.29. The summed E-state index contributed by atoms with van der Waals surface area (Å²) in [7, 11) is 0. The largest absolute Gasteiger partial charge is 0.388 e. The van der Waals surface area contributed by atoms with E-state index in [9.17, 15) is 9.50 Å². The van der Waals surface area contributed by atoms with Crippen LogP contribution in [0.2, 0.25) is 0 Å². The Hall–Kier alpha value is -0.840. The molecule has 0 saturated heterocycles. The van der Waals surface area contributed by atoms with Crippen molar-refractivity contribution in [1.29, 1.82) is 0 Å². The van der Waals surface area contributed by atoms with E-state index in [1.54, 1.807) is 17.8 Å². The Morgan fingerprint density at radius 3 is 2.74 bits per heavy atom. The first kappa shape index (κ1) is 14.6. The van der Waals surface area contributed by atoms with Gasteiger partial charge in [0.25, 0.3) is 0 Å². The highest BCUT2D eigenvalue weighted by atomic mass is 79.9. The average molecular weight is 341 g/mol. The maximum atomic E-state index is 13.0. The van der Waals surface area contributed by atoms with E-state index in [0.29, 0.717) is 5.75 Å². The molecule has 0 aliphatic carbocycles. The second-order valence-electron chi connectivity index (χ2n) is 4.29. The molecular weight excluding hydrogens is 327 g/mol. The van der Waals surface area contributed by atoms with Gasteiger partial charge in [0.1, 0.15) is 5.82 Å². The van der Waals surface area contributed by atoms with E-state index in [2.05, 4.69) is 15.9 Å². The number of hydrogen-bond acceptors (Lipinski definition) is 2. The Morgan fingerprint density at radius 1 is 1.26 bits per heavy atom. The van der Waals surface area contributed by atoms with Gasteiger partial charge in [-0.05, 0) is 48.4 Å². The minimum Gasteiger partial charge on any atom is -0.388 e. The molecular formula is C15H14BrFOS. The van der Waals surface area contributed by atoms with E-state index in [-0.39, 0.29) is 5.82 Å². The van der Waals surface area contributed by atoms with Gasteiger partial charge in [-0.3, -0.25) is 0 Å². The normalized spacial score (nSPS) is 12.4. The highest BCUT2D eigenvalue weighted by Crippen LogP contribution is 2.28. The molecule has 1 atom stereocenters. The van der Waals surface area contributed by atoms with Gasteiger partial charge in [-0.15, -0.1) is 11.8 Å². The Balaban J connectivity index is 2.03. The van der Waals surface area contributed by atoms with Crippen LogP contribution in [0.15, 0.2) is 51.8 Å². The monoisotopic (exact) mass is 340 g/mol. The molecule has 2 aromatic carbocycles. The lowest BCUT2D eigenvalue weighted by Crippen LogP contribution is -2.03. The lowest BCUT2D eigenvalue weighted by Gasteiger charge is -2.13. The van der Waals surface area contributed by atoms with Gasteiger partial charge < -0.3 is 5.11 Å². The molecule has 0 radical (unpaired) electrons. The molecule has 1 nitrogen and oxygen atoms in total. The van der Waals surface area contributed by atoms with Crippen LogP contribution in [0.1, 0.15) is 17.2 Å². The molecule has 0 aliphatic heterocycles. The third kappa shape index (κ3) is 4.06. The summed E-state index contributed by atoms with van der Waals surface area (Å²) >= 11 is 4.99. The fraction of sp³-hybridized carbons (Fsp3) is 0.200. The average Bonchev–Trinajstić information content (AvgIpc) is 2.36. The van der Waals surface area contributed by atoms with Crippen LogP contribution in [0.25, 0.3) is 0 Å². The molecule has 1 unspecified atom stereocenters.